The number of nitrogens with two attached hydrogens (primary N) is 1. The molecule has 1 amide bonds. The van der Waals surface area contributed by atoms with Crippen molar-refractivity contribution in [2.24, 2.45) is 0 Å². The molecule has 0 bridgehead atoms. The van der Waals surface area contributed by atoms with E-state index in [-0.39, 0.29) is 0 Å². The highest BCUT2D eigenvalue weighted by atomic mass is 16.6. The Morgan fingerprint density at radius 2 is 2.17 bits per heavy atom. The molecule has 0 radical (unpaired) electrons. The van der Waals surface area contributed by atoms with E-state index in [0.29, 0.717) is 17.8 Å². The fourth-order valence-electron chi connectivity index (χ4n) is 1.30. The largest absolute Gasteiger partial charge is 0.444 e. The fourth-order valence-corrected chi connectivity index (χ4v) is 1.30. The Morgan fingerprint density at radius 3 is 2.72 bits per heavy atom. The maximum Gasteiger partial charge on any atom is 0.407 e. The van der Waals surface area contributed by atoms with Crippen molar-refractivity contribution in [3.8, 4) is 6.07 Å². The quantitative estimate of drug-likeness (QED) is 0.784. The molecular formula is C13H17N3O2. The number of anilines is 1. The summed E-state index contributed by atoms with van der Waals surface area (Å²) < 4.78 is 5.10. The van der Waals surface area contributed by atoms with E-state index < -0.39 is 11.7 Å². The zero-order valence-corrected chi connectivity index (χ0v) is 10.8. The Bertz CT molecular complexity index is 484. The number of alkyl carbamates (subject to hydrolysis) is 1. The summed E-state index contributed by atoms with van der Waals surface area (Å²) in [6.45, 7) is 5.68. The van der Waals surface area contributed by atoms with Crippen LogP contribution in [0, 0.1) is 11.3 Å². The van der Waals surface area contributed by atoms with Gasteiger partial charge in [0.25, 0.3) is 0 Å². The van der Waals surface area contributed by atoms with Crippen molar-refractivity contribution in [1.82, 2.24) is 5.32 Å². The normalized spacial score (nSPS) is 10.6. The van der Waals surface area contributed by atoms with Crippen LogP contribution in [0.2, 0.25) is 0 Å². The van der Waals surface area contributed by atoms with E-state index in [9.17, 15) is 4.79 Å². The first-order valence-electron chi connectivity index (χ1n) is 5.57. The van der Waals surface area contributed by atoms with E-state index in [1.54, 1.807) is 39.0 Å². The van der Waals surface area contributed by atoms with Crippen LogP contribution in [0.4, 0.5) is 10.5 Å². The van der Waals surface area contributed by atoms with Gasteiger partial charge in [-0.25, -0.2) is 4.79 Å². The number of rotatable bonds is 2. The molecule has 0 saturated carbocycles. The van der Waals surface area contributed by atoms with E-state index in [1.807, 2.05) is 6.07 Å². The molecule has 3 N–H and O–H groups in total. The van der Waals surface area contributed by atoms with Gasteiger partial charge in [0.2, 0.25) is 0 Å². The molecule has 1 aromatic rings. The highest BCUT2D eigenvalue weighted by Gasteiger charge is 2.15. The maximum absolute atomic E-state index is 11.4. The molecule has 0 unspecified atom stereocenters. The number of carbonyl (C=O) groups excluding carboxylic acids is 1. The average molecular weight is 247 g/mol. The summed E-state index contributed by atoms with van der Waals surface area (Å²) in [5.41, 5.74) is 6.71. The first-order chi connectivity index (χ1) is 8.31. The summed E-state index contributed by atoms with van der Waals surface area (Å²) >= 11 is 0. The van der Waals surface area contributed by atoms with E-state index in [2.05, 4.69) is 5.32 Å². The summed E-state index contributed by atoms with van der Waals surface area (Å²) in [5, 5.41) is 11.4. The molecule has 96 valence electrons. The lowest BCUT2D eigenvalue weighted by Crippen LogP contribution is -2.32. The van der Waals surface area contributed by atoms with Crippen molar-refractivity contribution in [2.75, 3.05) is 5.73 Å². The number of benzene rings is 1. The van der Waals surface area contributed by atoms with Crippen molar-refractivity contribution >= 4 is 11.8 Å². The number of amides is 1. The van der Waals surface area contributed by atoms with Crippen molar-refractivity contribution in [3.63, 3.8) is 0 Å². The van der Waals surface area contributed by atoms with Gasteiger partial charge in [-0.15, -0.1) is 0 Å². The van der Waals surface area contributed by atoms with Crippen molar-refractivity contribution in [1.29, 1.82) is 5.26 Å². The van der Waals surface area contributed by atoms with Crippen LogP contribution in [0.1, 0.15) is 31.9 Å². The van der Waals surface area contributed by atoms with Crippen LogP contribution >= 0.6 is 0 Å². The Morgan fingerprint density at radius 1 is 1.50 bits per heavy atom. The molecular weight excluding hydrogens is 230 g/mol. The van der Waals surface area contributed by atoms with Crippen LogP contribution in [-0.2, 0) is 11.3 Å². The number of nitriles is 1. The second kappa shape index (κ2) is 5.41. The van der Waals surface area contributed by atoms with Crippen LogP contribution < -0.4 is 11.1 Å². The predicted molar refractivity (Wildman–Crippen MR) is 68.6 cm³/mol. The molecule has 0 aromatic heterocycles. The van der Waals surface area contributed by atoms with Gasteiger partial charge in [0.05, 0.1) is 5.56 Å². The number of nitrogens with one attached hydrogen (secondary N) is 1. The van der Waals surface area contributed by atoms with Gasteiger partial charge in [-0.1, -0.05) is 6.07 Å². The molecule has 0 saturated heterocycles. The average Bonchev–Trinajstić information content (AvgIpc) is 2.25. The standard InChI is InChI=1S/C13H17N3O2/c1-13(2,3)18-12(17)16-8-9-4-5-11(15)10(6-9)7-14/h4-6H,8,15H2,1-3H3,(H,16,17). The third-order valence-corrected chi connectivity index (χ3v) is 2.07. The van der Waals surface area contributed by atoms with Crippen molar-refractivity contribution in [3.05, 3.63) is 29.3 Å². The Balaban J connectivity index is 2.60. The SMILES string of the molecule is CC(C)(C)OC(=O)NCc1ccc(N)c(C#N)c1. The van der Waals surface area contributed by atoms with E-state index in [4.69, 9.17) is 15.7 Å². The summed E-state index contributed by atoms with van der Waals surface area (Å²) in [5.74, 6) is 0. The van der Waals surface area contributed by atoms with E-state index >= 15 is 0 Å². The molecule has 0 fully saturated rings. The summed E-state index contributed by atoms with van der Waals surface area (Å²) in [6.07, 6.45) is -0.488. The van der Waals surface area contributed by atoms with Crippen LogP contribution in [-0.4, -0.2) is 11.7 Å². The molecule has 0 aliphatic heterocycles. The zero-order valence-electron chi connectivity index (χ0n) is 10.8. The lowest BCUT2D eigenvalue weighted by atomic mass is 10.1. The number of ether oxygens (including phenoxy) is 1. The number of hydrogen-bond donors (Lipinski definition) is 2. The monoisotopic (exact) mass is 247 g/mol. The lowest BCUT2D eigenvalue weighted by molar-refractivity contribution is 0.0523. The van der Waals surface area contributed by atoms with Crippen LogP contribution in [0.25, 0.3) is 0 Å². The molecule has 0 heterocycles. The summed E-state index contributed by atoms with van der Waals surface area (Å²) in [6, 6.07) is 7.04. The van der Waals surface area contributed by atoms with Gasteiger partial charge in [-0.3, -0.25) is 0 Å². The van der Waals surface area contributed by atoms with Gasteiger partial charge in [0, 0.05) is 12.2 Å². The van der Waals surface area contributed by atoms with Gasteiger partial charge in [-0.2, -0.15) is 5.26 Å². The maximum atomic E-state index is 11.4. The van der Waals surface area contributed by atoms with E-state index in [0.717, 1.165) is 5.56 Å². The van der Waals surface area contributed by atoms with Crippen LogP contribution in [0.5, 0.6) is 0 Å². The second-order valence-corrected chi connectivity index (χ2v) is 4.89. The minimum Gasteiger partial charge on any atom is -0.444 e. The molecule has 1 aromatic carbocycles. The minimum absolute atomic E-state index is 0.296. The first-order valence-corrected chi connectivity index (χ1v) is 5.57. The van der Waals surface area contributed by atoms with Crippen molar-refractivity contribution < 1.29 is 9.53 Å². The van der Waals surface area contributed by atoms with Gasteiger partial charge in [0.1, 0.15) is 11.7 Å². The molecule has 0 spiro atoms. The van der Waals surface area contributed by atoms with Gasteiger partial charge >= 0.3 is 6.09 Å². The van der Waals surface area contributed by atoms with Crippen molar-refractivity contribution in [2.45, 2.75) is 32.9 Å². The van der Waals surface area contributed by atoms with Gasteiger partial charge in [-0.05, 0) is 38.5 Å². The smallest absolute Gasteiger partial charge is 0.407 e. The predicted octanol–water partition coefficient (Wildman–Crippen LogP) is 2.17. The third-order valence-electron chi connectivity index (χ3n) is 2.07. The molecule has 18 heavy (non-hydrogen) atoms. The number of carbonyl (C=O) groups is 1. The number of hydrogen-bond acceptors (Lipinski definition) is 4. The number of nitrogen functional groups attached to an aromatic ring is 1. The topological polar surface area (TPSA) is 88.1 Å². The molecule has 0 atom stereocenters. The van der Waals surface area contributed by atoms with Gasteiger partial charge < -0.3 is 15.8 Å². The zero-order chi connectivity index (χ0) is 13.8. The van der Waals surface area contributed by atoms with Gasteiger partial charge in [0.15, 0.2) is 0 Å². The van der Waals surface area contributed by atoms with E-state index in [1.165, 1.54) is 0 Å². The Labute approximate surface area is 107 Å². The summed E-state index contributed by atoms with van der Waals surface area (Å²) in [4.78, 5) is 11.4. The van der Waals surface area contributed by atoms with Crippen LogP contribution in [0.15, 0.2) is 18.2 Å². The lowest BCUT2D eigenvalue weighted by Gasteiger charge is -2.19. The Hall–Kier alpha value is -2.22. The Kier molecular flexibility index (Phi) is 4.16. The molecule has 5 nitrogen and oxygen atoms in total. The molecule has 0 aliphatic rings. The molecule has 5 heteroatoms. The molecule has 1 rings (SSSR count). The number of nitrogens with zero attached hydrogens (tertiary/aromatic N) is 1. The summed E-state index contributed by atoms with van der Waals surface area (Å²) in [7, 11) is 0. The minimum atomic E-state index is -0.525. The third kappa shape index (κ3) is 4.34. The fraction of sp³-hybridized carbons (Fsp3) is 0.385. The molecule has 0 aliphatic carbocycles. The highest BCUT2D eigenvalue weighted by Crippen LogP contribution is 2.13. The first kappa shape index (κ1) is 13.8. The van der Waals surface area contributed by atoms with Crippen LogP contribution in [0.3, 0.4) is 0 Å². The second-order valence-electron chi connectivity index (χ2n) is 4.89. The highest BCUT2D eigenvalue weighted by molar-refractivity contribution is 5.67.